The van der Waals surface area contributed by atoms with Crippen molar-refractivity contribution in [2.75, 3.05) is 5.32 Å². The van der Waals surface area contributed by atoms with Crippen molar-refractivity contribution in [3.8, 4) is 0 Å². The minimum atomic E-state index is -0.703. The summed E-state index contributed by atoms with van der Waals surface area (Å²) in [6, 6.07) is 2.93. The fraction of sp³-hybridized carbons (Fsp3) is 0.125. The van der Waals surface area contributed by atoms with Crippen LogP contribution in [0.25, 0.3) is 0 Å². The normalized spacial score (nSPS) is 9.57. The minimum Gasteiger partial charge on any atom is -0.324 e. The Bertz CT molecular complexity index is 392. The highest BCUT2D eigenvalue weighted by Gasteiger charge is 2.11. The van der Waals surface area contributed by atoms with Crippen molar-refractivity contribution < 1.29 is 14.1 Å². The van der Waals surface area contributed by atoms with Crippen LogP contribution < -0.4 is 5.32 Å². The molecule has 0 unspecified atom stereocenters. The lowest BCUT2D eigenvalue weighted by Gasteiger charge is -2.02. The summed E-state index contributed by atoms with van der Waals surface area (Å²) in [7, 11) is 0. The van der Waals surface area contributed by atoms with Gasteiger partial charge in [0.05, 0.1) is 10.6 Å². The first-order valence-electron chi connectivity index (χ1n) is 3.72. The number of non-ortho nitro benzene ring substituents is 1. The van der Waals surface area contributed by atoms with Gasteiger partial charge in [-0.05, 0) is 6.07 Å². The third kappa shape index (κ3) is 2.25. The summed E-state index contributed by atoms with van der Waals surface area (Å²) >= 11 is 0. The first-order valence-corrected chi connectivity index (χ1v) is 3.72. The third-order valence-corrected chi connectivity index (χ3v) is 1.47. The molecule has 0 spiro atoms. The van der Waals surface area contributed by atoms with E-state index in [1.807, 2.05) is 0 Å². The van der Waals surface area contributed by atoms with E-state index in [2.05, 4.69) is 5.32 Å². The second-order valence-electron chi connectivity index (χ2n) is 2.60. The van der Waals surface area contributed by atoms with E-state index in [1.165, 1.54) is 6.92 Å². The lowest BCUT2D eigenvalue weighted by atomic mass is 10.2. The largest absolute Gasteiger partial charge is 0.324 e. The van der Waals surface area contributed by atoms with E-state index in [0.717, 1.165) is 18.2 Å². The number of anilines is 1. The maximum absolute atomic E-state index is 13.0. The van der Waals surface area contributed by atoms with Gasteiger partial charge in [-0.15, -0.1) is 0 Å². The molecule has 74 valence electrons. The summed E-state index contributed by atoms with van der Waals surface area (Å²) in [6.07, 6.45) is 0. The molecule has 0 aliphatic heterocycles. The van der Waals surface area contributed by atoms with Gasteiger partial charge in [-0.3, -0.25) is 14.9 Å². The molecule has 1 amide bonds. The predicted octanol–water partition coefficient (Wildman–Crippen LogP) is 1.69. The van der Waals surface area contributed by atoms with Gasteiger partial charge in [-0.1, -0.05) is 0 Å². The molecule has 0 aliphatic carbocycles. The standard InChI is InChI=1S/C8H7FN2O3/c1-5(12)10-8-4-6(11(13)14)2-3-7(8)9/h2-4H,1H3,(H,10,12). The first kappa shape index (κ1) is 10.1. The SMILES string of the molecule is CC(=O)Nc1cc([N+](=O)[O-])ccc1F. The van der Waals surface area contributed by atoms with E-state index in [4.69, 9.17) is 0 Å². The molecule has 0 aromatic heterocycles. The molecule has 0 atom stereocenters. The van der Waals surface area contributed by atoms with Crippen molar-refractivity contribution >= 4 is 17.3 Å². The van der Waals surface area contributed by atoms with Crippen LogP contribution in [-0.2, 0) is 4.79 Å². The van der Waals surface area contributed by atoms with Gasteiger partial charge in [0, 0.05) is 19.1 Å². The number of nitrogens with one attached hydrogen (secondary N) is 1. The molecule has 1 aromatic carbocycles. The number of halogens is 1. The lowest BCUT2D eigenvalue weighted by molar-refractivity contribution is -0.384. The highest BCUT2D eigenvalue weighted by molar-refractivity contribution is 5.89. The summed E-state index contributed by atoms with van der Waals surface area (Å²) in [4.78, 5) is 20.3. The molecule has 0 radical (unpaired) electrons. The molecule has 5 nitrogen and oxygen atoms in total. The van der Waals surface area contributed by atoms with Crippen LogP contribution in [0.3, 0.4) is 0 Å². The average molecular weight is 198 g/mol. The van der Waals surface area contributed by atoms with E-state index in [9.17, 15) is 19.3 Å². The number of rotatable bonds is 2. The van der Waals surface area contributed by atoms with Crippen LogP contribution in [0.1, 0.15) is 6.92 Å². The first-order chi connectivity index (χ1) is 6.50. The van der Waals surface area contributed by atoms with Gasteiger partial charge >= 0.3 is 0 Å². The lowest BCUT2D eigenvalue weighted by Crippen LogP contribution is -2.07. The maximum Gasteiger partial charge on any atom is 0.271 e. The molecule has 0 bridgehead atoms. The zero-order chi connectivity index (χ0) is 10.7. The van der Waals surface area contributed by atoms with Crippen LogP contribution in [0.15, 0.2) is 18.2 Å². The number of nitro benzene ring substituents is 1. The van der Waals surface area contributed by atoms with Crippen LogP contribution >= 0.6 is 0 Å². The van der Waals surface area contributed by atoms with E-state index in [-0.39, 0.29) is 11.4 Å². The van der Waals surface area contributed by atoms with Crippen LogP contribution in [0, 0.1) is 15.9 Å². The Morgan fingerprint density at radius 2 is 2.21 bits per heavy atom. The number of nitro groups is 1. The van der Waals surface area contributed by atoms with Crippen LogP contribution in [0.5, 0.6) is 0 Å². The smallest absolute Gasteiger partial charge is 0.271 e. The van der Waals surface area contributed by atoms with E-state index in [0.29, 0.717) is 0 Å². The zero-order valence-electron chi connectivity index (χ0n) is 7.28. The van der Waals surface area contributed by atoms with Crippen LogP contribution in [0.4, 0.5) is 15.8 Å². The third-order valence-electron chi connectivity index (χ3n) is 1.47. The molecule has 0 heterocycles. The van der Waals surface area contributed by atoms with Gasteiger partial charge in [0.1, 0.15) is 5.82 Å². The van der Waals surface area contributed by atoms with Gasteiger partial charge < -0.3 is 5.32 Å². The molecule has 0 saturated heterocycles. The number of amides is 1. The monoisotopic (exact) mass is 198 g/mol. The molecule has 0 aliphatic rings. The molecule has 1 aromatic rings. The number of hydrogen-bond acceptors (Lipinski definition) is 3. The highest BCUT2D eigenvalue weighted by Crippen LogP contribution is 2.20. The maximum atomic E-state index is 13.0. The molecular formula is C8H7FN2O3. The number of carbonyl (C=O) groups is 1. The van der Waals surface area contributed by atoms with Gasteiger partial charge in [-0.25, -0.2) is 4.39 Å². The van der Waals surface area contributed by atoms with Crippen molar-refractivity contribution in [1.82, 2.24) is 0 Å². The summed E-state index contributed by atoms with van der Waals surface area (Å²) in [6.45, 7) is 1.19. The zero-order valence-corrected chi connectivity index (χ0v) is 7.28. The number of benzene rings is 1. The predicted molar refractivity (Wildman–Crippen MR) is 47.4 cm³/mol. The van der Waals surface area contributed by atoms with E-state index < -0.39 is 16.6 Å². The number of nitrogens with zero attached hydrogens (tertiary/aromatic N) is 1. The van der Waals surface area contributed by atoms with Gasteiger partial charge in [-0.2, -0.15) is 0 Å². The Kier molecular flexibility index (Phi) is 2.76. The average Bonchev–Trinajstić information content (AvgIpc) is 2.07. The molecule has 14 heavy (non-hydrogen) atoms. The van der Waals surface area contributed by atoms with Crippen LogP contribution in [-0.4, -0.2) is 10.8 Å². The molecule has 6 heteroatoms. The minimum absolute atomic E-state index is 0.188. The summed E-state index contributed by atoms with van der Waals surface area (Å²) in [5.41, 5.74) is -0.457. The Morgan fingerprint density at radius 1 is 1.57 bits per heavy atom. The quantitative estimate of drug-likeness (QED) is 0.580. The van der Waals surface area contributed by atoms with E-state index in [1.54, 1.807) is 0 Å². The van der Waals surface area contributed by atoms with Crippen molar-refractivity contribution in [2.45, 2.75) is 6.92 Å². The second kappa shape index (κ2) is 3.82. The Morgan fingerprint density at radius 3 is 2.71 bits per heavy atom. The Hall–Kier alpha value is -1.98. The summed E-state index contributed by atoms with van der Waals surface area (Å²) in [5, 5.41) is 12.5. The molecule has 0 fully saturated rings. The summed E-state index contributed by atoms with van der Waals surface area (Å²) < 4.78 is 13.0. The molecule has 0 saturated carbocycles. The van der Waals surface area contributed by atoms with Crippen molar-refractivity contribution in [2.24, 2.45) is 0 Å². The number of carbonyl (C=O) groups excluding carboxylic acids is 1. The number of hydrogen-bond donors (Lipinski definition) is 1. The highest BCUT2D eigenvalue weighted by atomic mass is 19.1. The van der Waals surface area contributed by atoms with Gasteiger partial charge in [0.2, 0.25) is 5.91 Å². The molecule has 1 N–H and O–H groups in total. The van der Waals surface area contributed by atoms with Crippen molar-refractivity contribution in [3.05, 3.63) is 34.1 Å². The molecular weight excluding hydrogens is 191 g/mol. The van der Waals surface area contributed by atoms with Gasteiger partial charge in [0.15, 0.2) is 0 Å². The Balaban J connectivity index is 3.08. The van der Waals surface area contributed by atoms with E-state index >= 15 is 0 Å². The fourth-order valence-corrected chi connectivity index (χ4v) is 0.912. The topological polar surface area (TPSA) is 72.2 Å². The Labute approximate surface area is 78.7 Å². The second-order valence-corrected chi connectivity index (χ2v) is 2.60. The summed E-state index contributed by atoms with van der Waals surface area (Å²) in [5.74, 6) is -1.19. The van der Waals surface area contributed by atoms with Crippen LogP contribution in [0.2, 0.25) is 0 Å². The van der Waals surface area contributed by atoms with Crippen molar-refractivity contribution in [3.63, 3.8) is 0 Å². The van der Waals surface area contributed by atoms with Gasteiger partial charge in [0.25, 0.3) is 5.69 Å². The fourth-order valence-electron chi connectivity index (χ4n) is 0.912. The van der Waals surface area contributed by atoms with Crippen molar-refractivity contribution in [1.29, 1.82) is 0 Å². The molecule has 1 rings (SSSR count).